The minimum Gasteiger partial charge on any atom is -0.497 e. The second kappa shape index (κ2) is 6.08. The summed E-state index contributed by atoms with van der Waals surface area (Å²) in [6, 6.07) is 13.6. The Kier molecular flexibility index (Phi) is 4.41. The van der Waals surface area contributed by atoms with Gasteiger partial charge in [0, 0.05) is 23.9 Å². The first-order chi connectivity index (χ1) is 9.94. The summed E-state index contributed by atoms with van der Waals surface area (Å²) in [5.74, 6) is 2.15. The van der Waals surface area contributed by atoms with Crippen LogP contribution in [0.2, 0.25) is 0 Å². The minimum atomic E-state index is 0.179. The first kappa shape index (κ1) is 15.2. The Morgan fingerprint density at radius 1 is 0.952 bits per heavy atom. The van der Waals surface area contributed by atoms with Crippen LogP contribution >= 0.6 is 0 Å². The highest BCUT2D eigenvalue weighted by Crippen LogP contribution is 2.31. The lowest BCUT2D eigenvalue weighted by Gasteiger charge is -2.23. The van der Waals surface area contributed by atoms with Crippen molar-refractivity contribution in [2.24, 2.45) is 0 Å². The van der Waals surface area contributed by atoms with Gasteiger partial charge in [-0.1, -0.05) is 32.9 Å². The summed E-state index contributed by atoms with van der Waals surface area (Å²) in [7, 11) is 1.61. The monoisotopic (exact) mass is 285 g/mol. The fourth-order valence-corrected chi connectivity index (χ4v) is 2.08. The topological polar surface area (TPSA) is 44.5 Å². The quantitative estimate of drug-likeness (QED) is 0.806. The predicted octanol–water partition coefficient (Wildman–Crippen LogP) is 4.76. The number of nitrogen functional groups attached to an aromatic ring is 1. The van der Waals surface area contributed by atoms with Gasteiger partial charge >= 0.3 is 0 Å². The van der Waals surface area contributed by atoms with Crippen molar-refractivity contribution in [3.8, 4) is 17.2 Å². The molecule has 0 aliphatic carbocycles. The molecule has 0 saturated carbocycles. The highest BCUT2D eigenvalue weighted by Gasteiger charge is 2.17. The molecule has 2 aromatic carbocycles. The van der Waals surface area contributed by atoms with Crippen LogP contribution in [0.4, 0.5) is 5.69 Å². The summed E-state index contributed by atoms with van der Waals surface area (Å²) in [4.78, 5) is 0. The second-order valence-corrected chi connectivity index (χ2v) is 5.81. The SMILES string of the molecule is CCC(C)(C)c1ccc(Oc2cc(N)cc(OC)c2)cc1. The predicted molar refractivity (Wildman–Crippen MR) is 87.2 cm³/mol. The Balaban J connectivity index is 2.19. The van der Waals surface area contributed by atoms with E-state index in [1.807, 2.05) is 18.2 Å². The van der Waals surface area contributed by atoms with E-state index in [0.717, 1.165) is 12.2 Å². The van der Waals surface area contributed by atoms with E-state index in [9.17, 15) is 0 Å². The van der Waals surface area contributed by atoms with Crippen molar-refractivity contribution in [3.63, 3.8) is 0 Å². The number of ether oxygens (including phenoxy) is 2. The van der Waals surface area contributed by atoms with Crippen LogP contribution in [0.5, 0.6) is 17.2 Å². The average Bonchev–Trinajstić information content (AvgIpc) is 2.47. The van der Waals surface area contributed by atoms with E-state index in [-0.39, 0.29) is 5.41 Å². The van der Waals surface area contributed by atoms with Crippen LogP contribution in [0.1, 0.15) is 32.8 Å². The first-order valence-electron chi connectivity index (χ1n) is 7.17. The van der Waals surface area contributed by atoms with Gasteiger partial charge < -0.3 is 15.2 Å². The summed E-state index contributed by atoms with van der Waals surface area (Å²) < 4.78 is 11.0. The fraction of sp³-hybridized carbons (Fsp3) is 0.333. The summed E-state index contributed by atoms with van der Waals surface area (Å²) in [5, 5.41) is 0. The summed E-state index contributed by atoms with van der Waals surface area (Å²) >= 11 is 0. The molecule has 0 saturated heterocycles. The van der Waals surface area contributed by atoms with Crippen molar-refractivity contribution in [3.05, 3.63) is 48.0 Å². The lowest BCUT2D eigenvalue weighted by molar-refractivity contribution is 0.409. The van der Waals surface area contributed by atoms with Crippen molar-refractivity contribution in [2.75, 3.05) is 12.8 Å². The van der Waals surface area contributed by atoms with Crippen molar-refractivity contribution in [1.82, 2.24) is 0 Å². The maximum atomic E-state index is 5.84. The maximum Gasteiger partial charge on any atom is 0.133 e. The third-order valence-electron chi connectivity index (χ3n) is 3.89. The third kappa shape index (κ3) is 3.69. The zero-order valence-electron chi connectivity index (χ0n) is 13.1. The van der Waals surface area contributed by atoms with E-state index < -0.39 is 0 Å². The van der Waals surface area contributed by atoms with Crippen LogP contribution in [0.15, 0.2) is 42.5 Å². The number of rotatable bonds is 5. The number of benzene rings is 2. The number of methoxy groups -OCH3 is 1. The van der Waals surface area contributed by atoms with Gasteiger partial charge in [-0.15, -0.1) is 0 Å². The van der Waals surface area contributed by atoms with Gasteiger partial charge in [0.15, 0.2) is 0 Å². The molecule has 0 amide bonds. The molecule has 0 aliphatic rings. The first-order valence-corrected chi connectivity index (χ1v) is 7.17. The fourth-order valence-electron chi connectivity index (χ4n) is 2.08. The normalized spacial score (nSPS) is 11.2. The largest absolute Gasteiger partial charge is 0.497 e. The van der Waals surface area contributed by atoms with E-state index in [4.69, 9.17) is 15.2 Å². The molecule has 3 heteroatoms. The maximum absolute atomic E-state index is 5.84. The Labute approximate surface area is 126 Å². The minimum absolute atomic E-state index is 0.179. The van der Waals surface area contributed by atoms with Crippen molar-refractivity contribution < 1.29 is 9.47 Å². The Hall–Kier alpha value is -2.16. The molecule has 2 N–H and O–H groups in total. The molecular weight excluding hydrogens is 262 g/mol. The van der Waals surface area contributed by atoms with E-state index in [1.165, 1.54) is 5.56 Å². The van der Waals surface area contributed by atoms with Crippen LogP contribution in [-0.2, 0) is 5.41 Å². The highest BCUT2D eigenvalue weighted by atomic mass is 16.5. The van der Waals surface area contributed by atoms with E-state index >= 15 is 0 Å². The molecule has 112 valence electrons. The van der Waals surface area contributed by atoms with Gasteiger partial charge in [0.05, 0.1) is 7.11 Å². The van der Waals surface area contributed by atoms with Crippen molar-refractivity contribution in [1.29, 1.82) is 0 Å². The van der Waals surface area contributed by atoms with Crippen molar-refractivity contribution in [2.45, 2.75) is 32.6 Å². The molecule has 0 spiro atoms. The van der Waals surface area contributed by atoms with Crippen LogP contribution in [-0.4, -0.2) is 7.11 Å². The van der Waals surface area contributed by atoms with E-state index in [1.54, 1.807) is 19.2 Å². The molecule has 21 heavy (non-hydrogen) atoms. The molecule has 2 aromatic rings. The van der Waals surface area contributed by atoms with Gasteiger partial charge in [-0.05, 0) is 29.5 Å². The molecule has 0 aliphatic heterocycles. The van der Waals surface area contributed by atoms with Crippen LogP contribution < -0.4 is 15.2 Å². The van der Waals surface area contributed by atoms with Gasteiger partial charge in [0.1, 0.15) is 17.2 Å². The van der Waals surface area contributed by atoms with Gasteiger partial charge in [-0.3, -0.25) is 0 Å². The molecule has 3 nitrogen and oxygen atoms in total. The van der Waals surface area contributed by atoms with Crippen molar-refractivity contribution >= 4 is 5.69 Å². The Morgan fingerprint density at radius 3 is 2.14 bits per heavy atom. The van der Waals surface area contributed by atoms with Crippen LogP contribution in [0.25, 0.3) is 0 Å². The molecule has 0 bridgehead atoms. The average molecular weight is 285 g/mol. The number of hydrogen-bond donors (Lipinski definition) is 1. The lowest BCUT2D eigenvalue weighted by Crippen LogP contribution is -2.14. The highest BCUT2D eigenvalue weighted by molar-refractivity contribution is 5.51. The zero-order valence-corrected chi connectivity index (χ0v) is 13.1. The second-order valence-electron chi connectivity index (χ2n) is 5.81. The zero-order chi connectivity index (χ0) is 15.5. The standard InChI is InChI=1S/C18H23NO2/c1-5-18(2,3)13-6-8-15(9-7-13)21-17-11-14(19)10-16(12-17)20-4/h6-12H,5,19H2,1-4H3. The summed E-state index contributed by atoms with van der Waals surface area (Å²) in [5.41, 5.74) is 7.93. The molecule has 0 atom stereocenters. The van der Waals surface area contributed by atoms with E-state index in [0.29, 0.717) is 17.2 Å². The summed E-state index contributed by atoms with van der Waals surface area (Å²) in [6.45, 7) is 6.68. The molecule has 0 unspecified atom stereocenters. The molecular formula is C18H23NO2. The Bertz CT molecular complexity index is 603. The van der Waals surface area contributed by atoms with Gasteiger partial charge in [0.2, 0.25) is 0 Å². The van der Waals surface area contributed by atoms with Crippen LogP contribution in [0.3, 0.4) is 0 Å². The lowest BCUT2D eigenvalue weighted by atomic mass is 9.82. The van der Waals surface area contributed by atoms with E-state index in [2.05, 4.69) is 32.9 Å². The molecule has 0 heterocycles. The molecule has 0 radical (unpaired) electrons. The van der Waals surface area contributed by atoms with Crippen LogP contribution in [0, 0.1) is 0 Å². The van der Waals surface area contributed by atoms with Gasteiger partial charge in [-0.25, -0.2) is 0 Å². The molecule has 0 aromatic heterocycles. The number of hydrogen-bond acceptors (Lipinski definition) is 3. The summed E-state index contributed by atoms with van der Waals surface area (Å²) in [6.07, 6.45) is 1.10. The smallest absolute Gasteiger partial charge is 0.133 e. The third-order valence-corrected chi connectivity index (χ3v) is 3.89. The molecule has 0 fully saturated rings. The van der Waals surface area contributed by atoms with Gasteiger partial charge in [0.25, 0.3) is 0 Å². The molecule has 2 rings (SSSR count). The number of anilines is 1. The Morgan fingerprint density at radius 2 is 1.57 bits per heavy atom. The van der Waals surface area contributed by atoms with Gasteiger partial charge in [-0.2, -0.15) is 0 Å². The number of nitrogens with two attached hydrogens (primary N) is 1.